The van der Waals surface area contributed by atoms with Gasteiger partial charge in [-0.15, -0.1) is 0 Å². The van der Waals surface area contributed by atoms with E-state index in [1.54, 1.807) is 0 Å². The van der Waals surface area contributed by atoms with E-state index in [2.05, 4.69) is 9.05 Å². The Balaban J connectivity index is 2.96. The van der Waals surface area contributed by atoms with Crippen molar-refractivity contribution >= 4 is 15.6 Å². The summed E-state index contributed by atoms with van der Waals surface area (Å²) in [5.41, 5.74) is 0. The number of hydrogen-bond donors (Lipinski definition) is 8. The Kier molecular flexibility index (Phi) is 5.48. The molecule has 1 aliphatic rings. The molecule has 0 heterocycles. The summed E-state index contributed by atoms with van der Waals surface area (Å²) in [5, 5.41) is 38.1. The molecule has 0 amide bonds. The number of rotatable bonds is 4. The minimum absolute atomic E-state index is 2.09. The van der Waals surface area contributed by atoms with Gasteiger partial charge in [0.15, 0.2) is 0 Å². The van der Waals surface area contributed by atoms with Crippen LogP contribution < -0.4 is 0 Å². The molecule has 20 heavy (non-hydrogen) atoms. The van der Waals surface area contributed by atoms with Crippen molar-refractivity contribution in [2.75, 3.05) is 0 Å². The van der Waals surface area contributed by atoms with E-state index in [0.717, 1.165) is 0 Å². The van der Waals surface area contributed by atoms with Crippen LogP contribution in [0.15, 0.2) is 0 Å². The molecule has 6 atom stereocenters. The lowest BCUT2D eigenvalue weighted by Gasteiger charge is -2.42. The molecule has 1 fully saturated rings. The summed E-state index contributed by atoms with van der Waals surface area (Å²) in [6.07, 6.45) is -12.8. The SMILES string of the molecule is O=P(O)(O)OC1[C@@H](O)[C@H](O)C(OP(=O)(O)O)[C@H](O)[C@H]1O. The van der Waals surface area contributed by atoms with E-state index in [-0.39, 0.29) is 0 Å². The lowest BCUT2D eigenvalue weighted by Crippen LogP contribution is -2.64. The number of hydrogen-bond acceptors (Lipinski definition) is 8. The molecule has 0 aromatic rings. The summed E-state index contributed by atoms with van der Waals surface area (Å²) in [5.74, 6) is 0. The zero-order chi connectivity index (χ0) is 15.9. The molecule has 0 bridgehead atoms. The molecule has 1 saturated carbocycles. The minimum atomic E-state index is -5.16. The highest BCUT2D eigenvalue weighted by Crippen LogP contribution is 2.45. The van der Waals surface area contributed by atoms with Crippen LogP contribution in [0.25, 0.3) is 0 Å². The Hall–Kier alpha value is 0.0600. The van der Waals surface area contributed by atoms with E-state index in [9.17, 15) is 29.6 Å². The molecule has 0 aromatic heterocycles. The molecule has 8 N–H and O–H groups in total. The highest BCUT2D eigenvalue weighted by molar-refractivity contribution is 7.46. The van der Waals surface area contributed by atoms with E-state index in [1.807, 2.05) is 0 Å². The fourth-order valence-corrected chi connectivity index (χ4v) is 2.88. The minimum Gasteiger partial charge on any atom is -0.387 e. The number of phosphoric ester groups is 2. The molecule has 0 saturated heterocycles. The Morgan fingerprint density at radius 3 is 0.950 bits per heavy atom. The van der Waals surface area contributed by atoms with Gasteiger partial charge < -0.3 is 40.0 Å². The van der Waals surface area contributed by atoms with Gasteiger partial charge in [0, 0.05) is 0 Å². The molecule has 1 aliphatic carbocycles. The Morgan fingerprint density at radius 1 is 0.600 bits per heavy atom. The summed E-state index contributed by atoms with van der Waals surface area (Å²) >= 11 is 0. The van der Waals surface area contributed by atoms with Gasteiger partial charge >= 0.3 is 15.6 Å². The van der Waals surface area contributed by atoms with Crippen LogP contribution >= 0.6 is 15.6 Å². The van der Waals surface area contributed by atoms with Gasteiger partial charge in [-0.2, -0.15) is 0 Å². The van der Waals surface area contributed by atoms with Crippen molar-refractivity contribution in [1.82, 2.24) is 0 Å². The van der Waals surface area contributed by atoms with Crippen molar-refractivity contribution in [2.45, 2.75) is 36.6 Å². The van der Waals surface area contributed by atoms with Crippen LogP contribution in [0.3, 0.4) is 0 Å². The molecular formula is C6H14O12P2. The summed E-state index contributed by atoms with van der Waals surface area (Å²) in [6, 6.07) is 0. The molecule has 2 unspecified atom stereocenters. The van der Waals surface area contributed by atoms with E-state index < -0.39 is 52.3 Å². The van der Waals surface area contributed by atoms with Crippen molar-refractivity contribution in [3.63, 3.8) is 0 Å². The van der Waals surface area contributed by atoms with Crippen molar-refractivity contribution in [3.05, 3.63) is 0 Å². The molecule has 0 spiro atoms. The molecule has 0 radical (unpaired) electrons. The lowest BCUT2D eigenvalue weighted by molar-refractivity contribution is -0.215. The number of phosphoric acid groups is 2. The summed E-state index contributed by atoms with van der Waals surface area (Å²) in [4.78, 5) is 34.3. The van der Waals surface area contributed by atoms with Gasteiger partial charge in [0.05, 0.1) is 0 Å². The van der Waals surface area contributed by atoms with Gasteiger partial charge in [-0.1, -0.05) is 0 Å². The van der Waals surface area contributed by atoms with Crippen molar-refractivity contribution < 1.29 is 58.2 Å². The second-order valence-corrected chi connectivity index (χ2v) is 6.47. The lowest BCUT2D eigenvalue weighted by atomic mass is 9.85. The van der Waals surface area contributed by atoms with E-state index in [4.69, 9.17) is 19.6 Å². The number of aliphatic hydroxyl groups excluding tert-OH is 4. The quantitative estimate of drug-likeness (QED) is 0.233. The third-order valence-electron chi connectivity index (χ3n) is 2.56. The second kappa shape index (κ2) is 6.05. The third kappa shape index (κ3) is 4.53. The van der Waals surface area contributed by atoms with Crippen molar-refractivity contribution in [1.29, 1.82) is 0 Å². The first-order valence-corrected chi connectivity index (χ1v) is 8.10. The zero-order valence-corrected chi connectivity index (χ0v) is 11.4. The largest absolute Gasteiger partial charge is 0.470 e. The predicted octanol–water partition coefficient (Wildman–Crippen LogP) is -3.60. The molecular weight excluding hydrogens is 326 g/mol. The fraction of sp³-hybridized carbons (Fsp3) is 1.00. The van der Waals surface area contributed by atoms with Gasteiger partial charge in [-0.3, -0.25) is 9.05 Å². The van der Waals surface area contributed by atoms with Crippen molar-refractivity contribution in [3.8, 4) is 0 Å². The van der Waals surface area contributed by atoms with Crippen LogP contribution in [0.4, 0.5) is 0 Å². The highest BCUT2D eigenvalue weighted by atomic mass is 31.2. The molecule has 0 aromatic carbocycles. The van der Waals surface area contributed by atoms with Gasteiger partial charge in [-0.25, -0.2) is 9.13 Å². The van der Waals surface area contributed by atoms with Crippen LogP contribution in [-0.4, -0.2) is 76.6 Å². The Bertz CT molecular complexity index is 372. The van der Waals surface area contributed by atoms with E-state index in [0.29, 0.717) is 0 Å². The smallest absolute Gasteiger partial charge is 0.387 e. The van der Waals surface area contributed by atoms with Crippen LogP contribution in [0.5, 0.6) is 0 Å². The first-order valence-electron chi connectivity index (χ1n) is 5.03. The monoisotopic (exact) mass is 340 g/mol. The topological polar surface area (TPSA) is 214 Å². The average Bonchev–Trinajstić information content (AvgIpc) is 2.25. The van der Waals surface area contributed by atoms with E-state index in [1.165, 1.54) is 0 Å². The summed E-state index contributed by atoms with van der Waals surface area (Å²) in [7, 11) is -10.3. The first-order chi connectivity index (χ1) is 8.83. The predicted molar refractivity (Wildman–Crippen MR) is 57.9 cm³/mol. The molecule has 14 heteroatoms. The van der Waals surface area contributed by atoms with Gasteiger partial charge in [0.1, 0.15) is 36.6 Å². The third-order valence-corrected chi connectivity index (χ3v) is 3.60. The van der Waals surface area contributed by atoms with E-state index >= 15 is 0 Å². The molecule has 0 aliphatic heterocycles. The molecule has 12 nitrogen and oxygen atoms in total. The first kappa shape index (κ1) is 18.1. The second-order valence-electron chi connectivity index (χ2n) is 4.08. The standard InChI is InChI=1S/C6H14O12P2/c7-1-2(8)6(18-20(14,15)16)4(10)3(9)5(1)17-19(11,12)13/h1-10H,(H2,11,12,13)(H2,14,15,16)/t1-,2-,3+,4+,5?,6?. The normalized spacial score (nSPS) is 39.8. The van der Waals surface area contributed by atoms with Gasteiger partial charge in [0.25, 0.3) is 0 Å². The Morgan fingerprint density at radius 2 is 0.800 bits per heavy atom. The van der Waals surface area contributed by atoms with Crippen molar-refractivity contribution in [2.24, 2.45) is 0 Å². The molecule has 120 valence electrons. The number of aliphatic hydroxyl groups is 4. The zero-order valence-electron chi connectivity index (χ0n) is 9.57. The summed E-state index contributed by atoms with van der Waals surface area (Å²) in [6.45, 7) is 0. The van der Waals surface area contributed by atoms with Gasteiger partial charge in [0.2, 0.25) is 0 Å². The summed E-state index contributed by atoms with van der Waals surface area (Å²) < 4.78 is 29.3. The Labute approximate surface area is 111 Å². The van der Waals surface area contributed by atoms with Gasteiger partial charge in [-0.05, 0) is 0 Å². The maximum absolute atomic E-state index is 10.6. The average molecular weight is 340 g/mol. The maximum Gasteiger partial charge on any atom is 0.470 e. The molecule has 1 rings (SSSR count). The van der Waals surface area contributed by atoms with Crippen LogP contribution in [0.2, 0.25) is 0 Å². The van der Waals surface area contributed by atoms with Crippen LogP contribution in [0, 0.1) is 0 Å². The highest BCUT2D eigenvalue weighted by Gasteiger charge is 2.53. The van der Waals surface area contributed by atoms with Crippen LogP contribution in [-0.2, 0) is 18.2 Å². The fourth-order valence-electron chi connectivity index (χ4n) is 1.75. The van der Waals surface area contributed by atoms with Crippen LogP contribution in [0.1, 0.15) is 0 Å². The maximum atomic E-state index is 10.6.